The Morgan fingerprint density at radius 1 is 0.806 bits per heavy atom. The number of anilines is 1. The van der Waals surface area contributed by atoms with Crippen molar-refractivity contribution in [1.82, 2.24) is 4.98 Å². The van der Waals surface area contributed by atoms with E-state index in [4.69, 9.17) is 4.74 Å². The number of fused-ring (bicyclic) bond motifs is 2. The summed E-state index contributed by atoms with van der Waals surface area (Å²) >= 11 is 1.46. The van der Waals surface area contributed by atoms with E-state index in [1.807, 2.05) is 12.1 Å². The van der Waals surface area contributed by atoms with Crippen molar-refractivity contribution >= 4 is 55.5 Å². The maximum absolute atomic E-state index is 5.36. The summed E-state index contributed by atoms with van der Waals surface area (Å²) in [6, 6.07) is 29.9. The molecule has 0 saturated heterocycles. The van der Waals surface area contributed by atoms with E-state index >= 15 is 0 Å². The number of ether oxygens (including phenoxy) is 1. The zero-order chi connectivity index (χ0) is 21.2. The van der Waals surface area contributed by atoms with E-state index in [9.17, 15) is 0 Å². The number of pyridine rings is 1. The standard InChI is InChI=1S/C27H21N2O.Po/c1-30-22-15-16-28-21(17-22)18-29-26-14-13-20-8-3-5-11-24(20)27(26)25-12-6-9-19-7-2-4-10-23(19)25;/h2-11,13-17,29H,18H2,1H3;. The zero-order valence-corrected chi connectivity index (χ0v) is 20.3. The maximum atomic E-state index is 5.36. The van der Waals surface area contributed by atoms with Gasteiger partial charge in [0.25, 0.3) is 0 Å². The third-order valence-corrected chi connectivity index (χ3v) is 6.88. The van der Waals surface area contributed by atoms with Gasteiger partial charge in [-0.05, 0) is 0 Å². The Labute approximate surface area is 197 Å². The molecule has 0 aliphatic carbocycles. The normalized spacial score (nSPS) is 11.0. The van der Waals surface area contributed by atoms with Crippen molar-refractivity contribution in [3.63, 3.8) is 0 Å². The van der Waals surface area contributed by atoms with Crippen LogP contribution in [0.4, 0.5) is 5.69 Å². The van der Waals surface area contributed by atoms with Crippen LogP contribution in [0, 0.1) is 0 Å². The first kappa shape index (κ1) is 20.0. The molecular formula is C27H21N2OPo. The van der Waals surface area contributed by atoms with Gasteiger partial charge in [-0.15, -0.1) is 0 Å². The molecule has 5 aromatic rings. The van der Waals surface area contributed by atoms with Crippen LogP contribution >= 0.6 is 0 Å². The van der Waals surface area contributed by atoms with Crippen molar-refractivity contribution in [1.29, 1.82) is 0 Å². The number of methoxy groups -OCH3 is 1. The van der Waals surface area contributed by atoms with Crippen molar-refractivity contribution in [3.05, 3.63) is 96.8 Å². The van der Waals surface area contributed by atoms with E-state index in [1.165, 1.54) is 61.0 Å². The van der Waals surface area contributed by atoms with Gasteiger partial charge in [0.05, 0.1) is 0 Å². The summed E-state index contributed by atoms with van der Waals surface area (Å²) in [4.78, 5) is 4.50. The molecule has 0 bridgehead atoms. The molecular weight excluding hydrogens is 577 g/mol. The summed E-state index contributed by atoms with van der Waals surface area (Å²) in [5.74, 6) is 0.819. The Hall–Kier alpha value is -2.95. The number of benzene rings is 4. The van der Waals surface area contributed by atoms with E-state index in [2.05, 4.69) is 83.1 Å². The monoisotopic (exact) mass is 598 g/mol. The summed E-state index contributed by atoms with van der Waals surface area (Å²) in [6.45, 7) is 0.624. The number of aromatic nitrogens is 1. The zero-order valence-electron chi connectivity index (χ0n) is 17.1. The molecule has 0 aliphatic rings. The second kappa shape index (κ2) is 8.65. The first-order valence-corrected chi connectivity index (χ1v) is 11.8. The fourth-order valence-corrected chi connectivity index (χ4v) is 5.15. The third-order valence-electron chi connectivity index (χ3n) is 5.55. The van der Waals surface area contributed by atoms with Crippen LogP contribution in [0.2, 0.25) is 0 Å². The van der Waals surface area contributed by atoms with Crippen LogP contribution in [0.5, 0.6) is 5.75 Å². The molecule has 0 atom stereocenters. The number of nitrogens with zero attached hydrogens (tertiary/aromatic N) is 1. The number of rotatable bonds is 5. The molecule has 0 unspecified atom stereocenters. The van der Waals surface area contributed by atoms with Gasteiger partial charge in [-0.1, -0.05) is 0 Å². The fraction of sp³-hybridized carbons (Fsp3) is 0.0741. The van der Waals surface area contributed by atoms with Gasteiger partial charge in [-0.3, -0.25) is 0 Å². The molecule has 0 fully saturated rings. The summed E-state index contributed by atoms with van der Waals surface area (Å²) < 4.78 is 6.70. The Kier molecular flexibility index (Phi) is 5.58. The van der Waals surface area contributed by atoms with E-state index in [-0.39, 0.29) is 0 Å². The van der Waals surface area contributed by atoms with Crippen molar-refractivity contribution < 1.29 is 4.74 Å². The molecule has 151 valence electrons. The van der Waals surface area contributed by atoms with Gasteiger partial charge >= 0.3 is 198 Å². The number of hydrogen-bond donors (Lipinski definition) is 1. The van der Waals surface area contributed by atoms with Crippen LogP contribution in [-0.4, -0.2) is 37.2 Å². The minimum absolute atomic E-state index is 0.624. The Morgan fingerprint density at radius 3 is 2.23 bits per heavy atom. The van der Waals surface area contributed by atoms with E-state index in [0.717, 1.165) is 17.1 Å². The molecule has 4 aromatic carbocycles. The molecule has 1 N–H and O–H groups in total. The van der Waals surface area contributed by atoms with E-state index < -0.39 is 0 Å². The molecule has 3 nitrogen and oxygen atoms in total. The fourth-order valence-electron chi connectivity index (χ4n) is 4.06. The molecule has 0 aliphatic heterocycles. The topological polar surface area (TPSA) is 34.1 Å². The summed E-state index contributed by atoms with van der Waals surface area (Å²) in [5, 5.41) is 8.70. The van der Waals surface area contributed by atoms with Crippen LogP contribution in [0.3, 0.4) is 0 Å². The van der Waals surface area contributed by atoms with Gasteiger partial charge in [-0.25, -0.2) is 0 Å². The van der Waals surface area contributed by atoms with Crippen LogP contribution in [0.15, 0.2) is 91.1 Å². The molecule has 1 radical (unpaired) electrons. The molecule has 1 heterocycles. The van der Waals surface area contributed by atoms with Crippen LogP contribution in [0.25, 0.3) is 32.7 Å². The molecule has 0 amide bonds. The van der Waals surface area contributed by atoms with Crippen molar-refractivity contribution in [2.24, 2.45) is 0 Å². The SMILES string of the molecule is COc1ccnc(CNc2ccc3ccccc3c2-c2[c]([Po])ccc3ccccc23)c1. The quantitative estimate of drug-likeness (QED) is 0.292. The van der Waals surface area contributed by atoms with Gasteiger partial charge in [0.2, 0.25) is 0 Å². The predicted molar refractivity (Wildman–Crippen MR) is 130 cm³/mol. The average Bonchev–Trinajstić information content (AvgIpc) is 2.83. The van der Waals surface area contributed by atoms with Crippen LogP contribution in [-0.2, 0) is 6.54 Å². The second-order valence-electron chi connectivity index (χ2n) is 7.41. The second-order valence-corrected chi connectivity index (χ2v) is 9.12. The minimum atomic E-state index is 0.624. The van der Waals surface area contributed by atoms with Crippen LogP contribution < -0.4 is 13.3 Å². The first-order chi connectivity index (χ1) is 15.2. The van der Waals surface area contributed by atoms with Crippen LogP contribution in [0.1, 0.15) is 5.69 Å². The van der Waals surface area contributed by atoms with Crippen molar-refractivity contribution in [3.8, 4) is 16.9 Å². The van der Waals surface area contributed by atoms with Crippen molar-refractivity contribution in [2.75, 3.05) is 12.4 Å². The predicted octanol–water partition coefficient (Wildman–Crippen LogP) is 5.47. The molecule has 0 saturated carbocycles. The Bertz CT molecular complexity index is 1400. The number of hydrogen-bond acceptors (Lipinski definition) is 3. The summed E-state index contributed by atoms with van der Waals surface area (Å²) in [5.41, 5.74) is 4.62. The first-order valence-electron chi connectivity index (χ1n) is 10.2. The van der Waals surface area contributed by atoms with E-state index in [0.29, 0.717) is 6.54 Å². The molecule has 31 heavy (non-hydrogen) atoms. The molecule has 0 spiro atoms. The molecule has 1 aromatic heterocycles. The van der Waals surface area contributed by atoms with Gasteiger partial charge in [-0.2, -0.15) is 0 Å². The van der Waals surface area contributed by atoms with E-state index in [1.54, 1.807) is 13.3 Å². The molecule has 5 rings (SSSR count). The average molecular weight is 598 g/mol. The Balaban J connectivity index is 1.69. The summed E-state index contributed by atoms with van der Waals surface area (Å²) in [6.07, 6.45) is 1.79. The summed E-state index contributed by atoms with van der Waals surface area (Å²) in [7, 11) is 1.68. The molecule has 4 heteroatoms. The van der Waals surface area contributed by atoms with Gasteiger partial charge < -0.3 is 0 Å². The van der Waals surface area contributed by atoms with Gasteiger partial charge in [0.15, 0.2) is 0 Å². The number of nitrogens with one attached hydrogen (secondary N) is 1. The van der Waals surface area contributed by atoms with Crippen molar-refractivity contribution in [2.45, 2.75) is 6.54 Å². The third kappa shape index (κ3) is 3.89. The van der Waals surface area contributed by atoms with Gasteiger partial charge in [0.1, 0.15) is 0 Å². The van der Waals surface area contributed by atoms with Gasteiger partial charge in [0, 0.05) is 0 Å². The Morgan fingerprint density at radius 2 is 1.48 bits per heavy atom.